The van der Waals surface area contributed by atoms with E-state index in [9.17, 15) is 58.3 Å². The Balaban J connectivity index is 0.000000153. The predicted octanol–water partition coefficient (Wildman–Crippen LogP) is 14.0. The average molecular weight is 1590 g/mol. The topological polar surface area (TPSA) is 241 Å². The van der Waals surface area contributed by atoms with E-state index in [-0.39, 0.29) is 53.4 Å². The molecule has 106 heavy (non-hydrogen) atoms. The van der Waals surface area contributed by atoms with Crippen molar-refractivity contribution in [2.75, 3.05) is 37.2 Å². The summed E-state index contributed by atoms with van der Waals surface area (Å²) in [5, 5.41) is 40.2. The maximum atomic E-state index is 13.2. The van der Waals surface area contributed by atoms with Crippen molar-refractivity contribution in [1.82, 2.24) is 59.1 Å². The van der Waals surface area contributed by atoms with Crippen LogP contribution < -0.4 is 21.8 Å². The fourth-order valence-corrected chi connectivity index (χ4v) is 11.5. The van der Waals surface area contributed by atoms with E-state index in [1.165, 1.54) is 95.5 Å². The summed E-state index contributed by atoms with van der Waals surface area (Å²) in [6.45, 7) is 18.5. The maximum Gasteiger partial charge on any atom is 0.488 e. The van der Waals surface area contributed by atoms with Crippen molar-refractivity contribution < 1.29 is 77.8 Å². The molecule has 0 atom stereocenters. The molecule has 14 rings (SSSR count). The number of ether oxygens (including phenoxy) is 2. The number of halogens is 11. The van der Waals surface area contributed by atoms with Crippen LogP contribution in [0.4, 0.5) is 69.7 Å². The third-order valence-corrected chi connectivity index (χ3v) is 17.1. The second-order valence-electron chi connectivity index (χ2n) is 26.3. The second-order valence-corrected chi connectivity index (χ2v) is 27.5. The van der Waals surface area contributed by atoms with Gasteiger partial charge in [-0.05, 0) is 171 Å². The van der Waals surface area contributed by atoms with Gasteiger partial charge in [0.1, 0.15) is 34.5 Å². The van der Waals surface area contributed by atoms with Crippen molar-refractivity contribution in [3.8, 4) is 33.4 Å². The Labute approximate surface area is 617 Å². The number of fused-ring (bicyclic) bond motifs is 4. The number of benzene rings is 6. The number of nitrogens with two attached hydrogens (primary N) is 1. The van der Waals surface area contributed by atoms with Crippen LogP contribution in [-0.2, 0) is 74.2 Å². The van der Waals surface area contributed by atoms with Crippen LogP contribution in [0.3, 0.4) is 0 Å². The van der Waals surface area contributed by atoms with Gasteiger partial charge in [-0.25, -0.2) is 31.9 Å². The number of hydrogen-bond acceptors (Lipinski definition) is 13. The van der Waals surface area contributed by atoms with Gasteiger partial charge < -0.3 is 50.6 Å². The third kappa shape index (κ3) is 22.4. The molecule has 0 unspecified atom stereocenters. The van der Waals surface area contributed by atoms with Crippen LogP contribution >= 0.6 is 22.6 Å². The minimum Gasteiger partial charge on any atom is -0.444 e. The monoisotopic (exact) mass is 1590 g/mol. The van der Waals surface area contributed by atoms with Crippen molar-refractivity contribution in [2.24, 2.45) is 0 Å². The first-order valence-electron chi connectivity index (χ1n) is 33.1. The lowest BCUT2D eigenvalue weighted by Crippen LogP contribution is -2.41. The van der Waals surface area contributed by atoms with E-state index in [1.54, 1.807) is 63.3 Å². The number of anilines is 2. The highest BCUT2D eigenvalue weighted by Crippen LogP contribution is 2.34. The van der Waals surface area contributed by atoms with Gasteiger partial charge in [0.2, 0.25) is 0 Å². The van der Waals surface area contributed by atoms with E-state index in [2.05, 4.69) is 53.6 Å². The molecule has 33 heteroatoms. The van der Waals surface area contributed by atoms with Crippen LogP contribution in [0.25, 0.3) is 33.4 Å². The fraction of sp³-hybridized carbons (Fsp3) is 0.301. The number of carbonyl (C=O) groups excluding carboxylic acids is 3. The van der Waals surface area contributed by atoms with Crippen molar-refractivity contribution in [3.63, 3.8) is 0 Å². The molecule has 6 aromatic carbocycles. The zero-order valence-corrected chi connectivity index (χ0v) is 60.5. The van der Waals surface area contributed by atoms with Gasteiger partial charge in [0.15, 0.2) is 0 Å². The Morgan fingerprint density at radius 3 is 1.29 bits per heavy atom. The average Bonchev–Trinajstić information content (AvgIpc) is 1.62. The largest absolute Gasteiger partial charge is 0.488 e. The zero-order chi connectivity index (χ0) is 76.8. The number of nitrogens with one attached hydrogen (secondary N) is 2. The summed E-state index contributed by atoms with van der Waals surface area (Å²) in [5.74, 6) is -1.21. The Morgan fingerprint density at radius 1 is 0.491 bits per heavy atom. The number of urea groups is 1. The van der Waals surface area contributed by atoms with Gasteiger partial charge in [-0.15, -0.1) is 0 Å². The summed E-state index contributed by atoms with van der Waals surface area (Å²) in [4.78, 5) is 41.7. The molecule has 4 aromatic heterocycles. The third-order valence-electron chi connectivity index (χ3n) is 16.2. The van der Waals surface area contributed by atoms with Crippen LogP contribution in [0.5, 0.6) is 0 Å². The molecule has 560 valence electrons. The normalized spacial score (nSPS) is 13.8. The van der Waals surface area contributed by atoms with Crippen molar-refractivity contribution in [3.05, 3.63) is 231 Å². The van der Waals surface area contributed by atoms with E-state index in [0.29, 0.717) is 51.3 Å². The molecule has 0 saturated heterocycles. The molecule has 4 aliphatic heterocycles. The number of amides is 4. The molecule has 0 spiro atoms. The first-order valence-corrected chi connectivity index (χ1v) is 34.2. The van der Waals surface area contributed by atoms with Gasteiger partial charge in [-0.3, -0.25) is 18.7 Å². The maximum absolute atomic E-state index is 13.2. The highest BCUT2D eigenvalue weighted by Gasteiger charge is 2.34. The number of nitrogen functional groups attached to an aromatic ring is 1. The molecular weight excluding hydrogens is 1510 g/mol. The molecule has 0 fully saturated rings. The minimum absolute atomic E-state index is 0.0719. The molecule has 0 aliphatic carbocycles. The van der Waals surface area contributed by atoms with Crippen LogP contribution in [0.2, 0.25) is 0 Å². The first kappa shape index (κ1) is 79.9. The smallest absolute Gasteiger partial charge is 0.444 e. The van der Waals surface area contributed by atoms with E-state index in [0.717, 1.165) is 104 Å². The molecule has 0 bridgehead atoms. The van der Waals surface area contributed by atoms with Gasteiger partial charge >= 0.3 is 37.7 Å². The van der Waals surface area contributed by atoms with Gasteiger partial charge in [-0.1, -0.05) is 60.7 Å². The summed E-state index contributed by atoms with van der Waals surface area (Å²) in [6.07, 6.45) is -2.24. The van der Waals surface area contributed by atoms with Gasteiger partial charge in [0.05, 0.1) is 108 Å². The summed E-state index contributed by atoms with van der Waals surface area (Å²) in [7, 11) is -1.51. The van der Waals surface area contributed by atoms with Crippen LogP contribution in [0.15, 0.2) is 170 Å². The Kier molecular flexibility index (Phi) is 26.2. The highest BCUT2D eigenvalue weighted by molar-refractivity contribution is 14.1. The molecular formula is C73H76BF10IN14O7. The highest BCUT2D eigenvalue weighted by atomic mass is 127. The van der Waals surface area contributed by atoms with Gasteiger partial charge in [0, 0.05) is 60.8 Å². The van der Waals surface area contributed by atoms with Crippen LogP contribution in [-0.4, -0.2) is 127 Å². The van der Waals surface area contributed by atoms with E-state index in [1.807, 2.05) is 68.0 Å². The fourth-order valence-electron chi connectivity index (χ4n) is 11.0. The number of hydrogen-bond donors (Lipinski definition) is 5. The number of rotatable bonds is 5. The minimum atomic E-state index is -4.48. The number of nitrogens with zero attached hydrogens (tertiary/aromatic N) is 11. The summed E-state index contributed by atoms with van der Waals surface area (Å²) >= 11 is 2.24. The number of carbonyl (C=O) groups is 3. The Morgan fingerprint density at radius 2 is 0.868 bits per heavy atom. The van der Waals surface area contributed by atoms with E-state index < -0.39 is 47.8 Å². The lowest BCUT2D eigenvalue weighted by atomic mass is 9.80. The summed E-state index contributed by atoms with van der Waals surface area (Å²) in [6, 6.07) is 32.4. The number of alkyl halides is 6. The molecule has 4 aliphatic rings. The van der Waals surface area contributed by atoms with E-state index >= 15 is 0 Å². The molecule has 0 radical (unpaired) electrons. The van der Waals surface area contributed by atoms with Crippen molar-refractivity contribution in [1.29, 1.82) is 0 Å². The van der Waals surface area contributed by atoms with E-state index in [4.69, 9.17) is 25.3 Å². The lowest BCUT2D eigenvalue weighted by molar-refractivity contribution is -0.138. The van der Waals surface area contributed by atoms with Crippen LogP contribution in [0.1, 0.15) is 75.4 Å². The van der Waals surface area contributed by atoms with Crippen LogP contribution in [0, 0.1) is 26.8 Å². The van der Waals surface area contributed by atoms with Gasteiger partial charge in [0.25, 0.3) is 0 Å². The zero-order valence-electron chi connectivity index (χ0n) is 58.3. The molecule has 6 N–H and O–H groups in total. The lowest BCUT2D eigenvalue weighted by Gasteiger charge is -2.30. The Bertz CT molecular complexity index is 4600. The molecule has 4 amide bonds. The SMILES string of the molecule is CC(C)(C)OC(=O)N1CCn2ncc(-c3ccc(F)cc3)c2C1.CC(C)(C)OC(=O)N1CCn2ncc(I)c2C1.Fc1ccc(-c2cnn3c2CNCC3)cc1.Nc1cccc(C(F)(F)F)c1.O=C(Nc1cccc(C(F)(F)F)c1)N1CCn2ncc(-c3ccc(F)cc3)c2C1.OB(O)c1ccc(F)cc1. The summed E-state index contributed by atoms with van der Waals surface area (Å²) < 4.78 is 145. The standard InChI is InChI=1S/C20H16F4N4O.C17H20FN3O2.C12H12FN3.C11H16IN3O2.C7H6F3N.C6H6BFO2/c21-15-6-4-13(5-7-15)17-11-25-28-9-8-27(12-18(17)28)19(29)26-16-3-1-2-14(10-16)20(22,23)24;1-17(2,3)23-16(22)20-8-9-21-15(11-20)14(10-19-21)12-4-6-13(18)7-5-12;13-10-3-1-9(2-4-10)11-7-15-16-6-5-14-8-12(11)16;1-11(2,3)17-10(16)14-4-5-15-9(7-14)8(12)6-13-15;8-7(9,10)5-2-1-3-6(11)4-5;8-6-3-1-5(2-4-6)7(9)10/h1-7,10-11H,8-9,12H2,(H,26,29);4-7,10H,8-9,11H2,1-3H3;1-4,7,14H,5-6,8H2;6H,4-5,7H2,1-3H3;1-4H,11H2;1-4,9-10H. The van der Waals surface area contributed by atoms with Gasteiger partial charge in [-0.2, -0.15) is 46.7 Å². The first-order chi connectivity index (χ1) is 50.0. The quantitative estimate of drug-likeness (QED) is 0.0467. The molecule has 8 heterocycles. The van der Waals surface area contributed by atoms with Crippen molar-refractivity contribution >= 4 is 64.8 Å². The second kappa shape index (κ2) is 34.8. The number of aromatic nitrogens is 8. The molecule has 21 nitrogen and oxygen atoms in total. The Hall–Kier alpha value is -10.3. The molecule has 0 saturated carbocycles. The van der Waals surface area contributed by atoms with Crippen molar-refractivity contribution in [2.45, 2.75) is 117 Å². The summed E-state index contributed by atoms with van der Waals surface area (Å²) in [5.41, 5.74) is 12.6. The molecule has 10 aromatic rings. The predicted molar refractivity (Wildman–Crippen MR) is 386 cm³/mol.